The van der Waals surface area contributed by atoms with E-state index in [1.807, 2.05) is 6.92 Å². The zero-order chi connectivity index (χ0) is 24.7. The molecule has 1 aliphatic heterocycles. The summed E-state index contributed by atoms with van der Waals surface area (Å²) in [6, 6.07) is 13.3. The molecule has 5 rings (SSSR count). The van der Waals surface area contributed by atoms with Crippen LogP contribution in [0.15, 0.2) is 70.3 Å². The Bertz CT molecular complexity index is 1470. The van der Waals surface area contributed by atoms with E-state index in [4.69, 9.17) is 9.15 Å². The molecular weight excluding hydrogens is 471 g/mol. The van der Waals surface area contributed by atoms with Crippen molar-refractivity contribution in [2.24, 2.45) is 0 Å². The van der Waals surface area contributed by atoms with Crippen molar-refractivity contribution in [3.8, 4) is 5.75 Å². The van der Waals surface area contributed by atoms with Gasteiger partial charge in [0, 0.05) is 0 Å². The molecule has 0 aliphatic carbocycles. The number of hydrogen-bond acceptors (Lipinski definition) is 7. The summed E-state index contributed by atoms with van der Waals surface area (Å²) in [5, 5.41) is 11.1. The molecule has 1 atom stereocenters. The van der Waals surface area contributed by atoms with Crippen LogP contribution in [-0.4, -0.2) is 28.4 Å². The Kier molecular flexibility index (Phi) is 5.86. The van der Waals surface area contributed by atoms with Gasteiger partial charge in [-0.2, -0.15) is 0 Å². The second-order valence-corrected chi connectivity index (χ2v) is 9.11. The van der Waals surface area contributed by atoms with E-state index in [-0.39, 0.29) is 16.5 Å². The highest BCUT2D eigenvalue weighted by atomic mass is 32.1. The molecule has 4 aromatic rings. The number of aliphatic hydroxyl groups excluding tert-OH is 1. The van der Waals surface area contributed by atoms with Gasteiger partial charge in [0.2, 0.25) is 5.78 Å². The van der Waals surface area contributed by atoms with Crippen LogP contribution in [0.1, 0.15) is 41.3 Å². The third-order valence-electron chi connectivity index (χ3n) is 5.63. The van der Waals surface area contributed by atoms with Crippen LogP contribution in [0.3, 0.4) is 0 Å². The molecule has 3 heterocycles. The molecule has 0 saturated heterocycles. The number of rotatable bonds is 7. The summed E-state index contributed by atoms with van der Waals surface area (Å²) in [6.07, 6.45) is 0.850. The Hall–Kier alpha value is -3.98. The summed E-state index contributed by atoms with van der Waals surface area (Å²) in [5.74, 6) is -1.29. The van der Waals surface area contributed by atoms with E-state index in [0.29, 0.717) is 33.9 Å². The van der Waals surface area contributed by atoms with Gasteiger partial charge < -0.3 is 14.3 Å². The van der Waals surface area contributed by atoms with Gasteiger partial charge in [-0.05, 0) is 61.4 Å². The molecule has 0 radical (unpaired) electrons. The highest BCUT2D eigenvalue weighted by Crippen LogP contribution is 2.44. The Labute approximate surface area is 204 Å². The van der Waals surface area contributed by atoms with Crippen LogP contribution < -0.4 is 9.64 Å². The smallest absolute Gasteiger partial charge is 0.296 e. The number of nitrogens with zero attached hydrogens (tertiary/aromatic N) is 2. The van der Waals surface area contributed by atoms with Gasteiger partial charge in [-0.25, -0.2) is 9.37 Å². The number of ether oxygens (including phenoxy) is 1. The molecule has 35 heavy (non-hydrogen) atoms. The summed E-state index contributed by atoms with van der Waals surface area (Å²) >= 11 is 1.10. The van der Waals surface area contributed by atoms with E-state index in [0.717, 1.165) is 17.8 Å². The number of fused-ring (bicyclic) bond motifs is 1. The number of furan rings is 1. The lowest BCUT2D eigenvalue weighted by atomic mass is 9.95. The Morgan fingerprint density at radius 1 is 1.20 bits per heavy atom. The average Bonchev–Trinajstić information content (AvgIpc) is 3.53. The number of thiazole rings is 1. The lowest BCUT2D eigenvalue weighted by Gasteiger charge is -2.24. The van der Waals surface area contributed by atoms with E-state index < -0.39 is 29.3 Å². The highest BCUT2D eigenvalue weighted by Gasteiger charge is 2.46. The van der Waals surface area contributed by atoms with Crippen molar-refractivity contribution in [3.05, 3.63) is 88.8 Å². The van der Waals surface area contributed by atoms with Crippen molar-refractivity contribution in [1.29, 1.82) is 0 Å². The Morgan fingerprint density at radius 3 is 2.66 bits per heavy atom. The SMILES string of the molecule is CCCOc1ccc(C2C(C(=O)c3ccc(C)o3)=C(O)C(=O)N2c2nc3ccc(F)cc3s2)cc1. The number of anilines is 1. The van der Waals surface area contributed by atoms with Crippen molar-refractivity contribution in [3.63, 3.8) is 0 Å². The number of amides is 1. The van der Waals surface area contributed by atoms with E-state index in [1.165, 1.54) is 29.2 Å². The van der Waals surface area contributed by atoms with Crippen LogP contribution in [0, 0.1) is 12.7 Å². The first kappa shape index (κ1) is 22.8. The summed E-state index contributed by atoms with van der Waals surface area (Å²) in [4.78, 5) is 32.5. The van der Waals surface area contributed by atoms with Crippen LogP contribution in [-0.2, 0) is 4.79 Å². The van der Waals surface area contributed by atoms with Crippen molar-refractivity contribution in [2.75, 3.05) is 11.5 Å². The molecule has 0 bridgehead atoms. The number of Topliss-reactive ketones (excluding diaryl/α,β-unsaturated/α-hetero) is 1. The average molecular weight is 493 g/mol. The van der Waals surface area contributed by atoms with E-state index >= 15 is 0 Å². The largest absolute Gasteiger partial charge is 0.503 e. The zero-order valence-corrected chi connectivity index (χ0v) is 19.8. The summed E-state index contributed by atoms with van der Waals surface area (Å²) < 4.78 is 25.5. The fraction of sp³-hybridized carbons (Fsp3) is 0.192. The van der Waals surface area contributed by atoms with Gasteiger partial charge in [-0.3, -0.25) is 14.5 Å². The number of aromatic nitrogens is 1. The van der Waals surface area contributed by atoms with Gasteiger partial charge in [0.1, 0.15) is 17.3 Å². The number of hydrogen-bond donors (Lipinski definition) is 1. The van der Waals surface area contributed by atoms with Crippen LogP contribution in [0.2, 0.25) is 0 Å². The number of ketones is 1. The minimum absolute atomic E-state index is 0.0120. The zero-order valence-electron chi connectivity index (χ0n) is 18.9. The predicted octanol–water partition coefficient (Wildman–Crippen LogP) is 5.91. The maximum absolute atomic E-state index is 13.8. The van der Waals surface area contributed by atoms with Crippen molar-refractivity contribution < 1.29 is 28.2 Å². The molecule has 1 amide bonds. The Balaban J connectivity index is 1.62. The van der Waals surface area contributed by atoms with E-state index in [2.05, 4.69) is 4.98 Å². The lowest BCUT2D eigenvalue weighted by molar-refractivity contribution is -0.117. The molecular formula is C26H21FN2O5S. The maximum Gasteiger partial charge on any atom is 0.296 e. The van der Waals surface area contributed by atoms with Crippen molar-refractivity contribution in [1.82, 2.24) is 4.98 Å². The van der Waals surface area contributed by atoms with Crippen LogP contribution in [0.5, 0.6) is 5.75 Å². The number of halogens is 1. The molecule has 1 unspecified atom stereocenters. The standard InChI is InChI=1S/C26H21FN2O5S/c1-3-12-33-17-8-5-15(6-9-17)22-21(23(30)19-11-4-14(2)34-19)24(31)25(32)29(22)26-28-18-10-7-16(27)13-20(18)35-26/h4-11,13,22,31H,3,12H2,1-2H3. The fourth-order valence-electron chi connectivity index (χ4n) is 3.99. The third kappa shape index (κ3) is 4.08. The van der Waals surface area contributed by atoms with Crippen LogP contribution in [0.25, 0.3) is 10.2 Å². The number of aryl methyl sites for hydroxylation is 1. The van der Waals surface area contributed by atoms with Gasteiger partial charge in [0.05, 0.1) is 28.4 Å². The molecule has 9 heteroatoms. The Morgan fingerprint density at radius 2 is 1.97 bits per heavy atom. The van der Waals surface area contributed by atoms with Gasteiger partial charge in [-0.15, -0.1) is 0 Å². The maximum atomic E-state index is 13.8. The van der Waals surface area contributed by atoms with E-state index in [1.54, 1.807) is 37.3 Å². The molecule has 1 N–H and O–H groups in total. The molecule has 1 aliphatic rings. The monoisotopic (exact) mass is 492 g/mol. The second-order valence-electron chi connectivity index (χ2n) is 8.11. The van der Waals surface area contributed by atoms with Crippen molar-refractivity contribution >= 4 is 38.4 Å². The quantitative estimate of drug-likeness (QED) is 0.323. The fourth-order valence-corrected chi connectivity index (χ4v) is 5.01. The summed E-state index contributed by atoms with van der Waals surface area (Å²) in [7, 11) is 0. The van der Waals surface area contributed by atoms with Crippen LogP contribution in [0.4, 0.5) is 9.52 Å². The predicted molar refractivity (Wildman–Crippen MR) is 129 cm³/mol. The van der Waals surface area contributed by atoms with Gasteiger partial charge in [0.25, 0.3) is 5.91 Å². The first-order chi connectivity index (χ1) is 16.9. The van der Waals surface area contributed by atoms with Gasteiger partial charge >= 0.3 is 0 Å². The number of carbonyl (C=O) groups excluding carboxylic acids is 2. The molecule has 0 fully saturated rings. The molecule has 2 aromatic carbocycles. The van der Waals surface area contributed by atoms with Gasteiger partial charge in [-0.1, -0.05) is 30.4 Å². The molecule has 0 spiro atoms. The number of carbonyl (C=O) groups is 2. The van der Waals surface area contributed by atoms with E-state index in [9.17, 15) is 19.1 Å². The lowest BCUT2D eigenvalue weighted by Crippen LogP contribution is -2.30. The molecule has 2 aromatic heterocycles. The van der Waals surface area contributed by atoms with Gasteiger partial charge in [0.15, 0.2) is 16.7 Å². The molecule has 178 valence electrons. The minimum Gasteiger partial charge on any atom is -0.503 e. The second kappa shape index (κ2) is 8.99. The topological polar surface area (TPSA) is 92.9 Å². The number of benzene rings is 2. The normalized spacial score (nSPS) is 15.9. The van der Waals surface area contributed by atoms with Crippen molar-refractivity contribution in [2.45, 2.75) is 26.3 Å². The number of aliphatic hydroxyl groups is 1. The van der Waals surface area contributed by atoms with Crippen LogP contribution >= 0.6 is 11.3 Å². The molecule has 0 saturated carbocycles. The summed E-state index contributed by atoms with van der Waals surface area (Å²) in [6.45, 7) is 4.25. The highest BCUT2D eigenvalue weighted by molar-refractivity contribution is 7.22. The minimum atomic E-state index is -0.967. The first-order valence-electron chi connectivity index (χ1n) is 11.0. The third-order valence-corrected chi connectivity index (χ3v) is 6.65. The first-order valence-corrected chi connectivity index (χ1v) is 11.9. The summed E-state index contributed by atoms with van der Waals surface area (Å²) in [5.41, 5.74) is 0.961. The molecule has 7 nitrogen and oxygen atoms in total.